The first kappa shape index (κ1) is 29.4. The van der Waals surface area contributed by atoms with Gasteiger partial charge in [-0.3, -0.25) is 9.59 Å². The molecular formula is C30H48N2O4Si. The molecule has 1 N–H and O–H groups in total. The average Bonchev–Trinajstić information content (AvgIpc) is 2.88. The Bertz CT molecular complexity index is 879. The number of Topliss-reactive ketones (excluding diaryl/α,β-unsaturated/α-hetero) is 1. The number of likely N-dealkylation sites (N-methyl/N-ethyl adjacent to an activating group) is 1. The van der Waals surface area contributed by atoms with E-state index in [2.05, 4.69) is 25.0 Å². The maximum atomic E-state index is 13.4. The second-order valence-corrected chi connectivity index (χ2v) is 18.2. The highest BCUT2D eigenvalue weighted by Gasteiger charge is 2.33. The molecule has 2 saturated carbocycles. The number of hydrogen-bond donors (Lipinski definition) is 1. The first-order valence-corrected chi connectivity index (χ1v) is 18.1. The summed E-state index contributed by atoms with van der Waals surface area (Å²) in [5.41, 5.74) is 0.734. The van der Waals surface area contributed by atoms with Crippen LogP contribution in [0.3, 0.4) is 0 Å². The van der Waals surface area contributed by atoms with Crippen molar-refractivity contribution in [3.05, 3.63) is 35.9 Å². The summed E-state index contributed by atoms with van der Waals surface area (Å²) in [7, 11) is 0.496. The molecule has 0 heterocycles. The van der Waals surface area contributed by atoms with Crippen molar-refractivity contribution in [2.75, 3.05) is 20.2 Å². The smallest absolute Gasteiger partial charge is 0.409 e. The lowest BCUT2D eigenvalue weighted by Gasteiger charge is -2.32. The molecule has 3 atom stereocenters. The van der Waals surface area contributed by atoms with Crippen molar-refractivity contribution >= 4 is 25.9 Å². The maximum absolute atomic E-state index is 13.4. The van der Waals surface area contributed by atoms with E-state index >= 15 is 0 Å². The Morgan fingerprint density at radius 3 is 2.32 bits per heavy atom. The molecule has 1 aromatic carbocycles. The molecule has 6 nitrogen and oxygen atoms in total. The van der Waals surface area contributed by atoms with Gasteiger partial charge in [0.1, 0.15) is 0 Å². The fourth-order valence-electron chi connectivity index (χ4n) is 5.79. The standard InChI is InChI=1S/C30H48N2O4Si/c1-32(30(35)36-18-19-37(2,3)4)22-27(20-23-12-7-5-8-13-23)31-29(34)26-17-11-16-25(21-26)28(33)24-14-9-6-10-15-24/h6,9-10,14-15,23,25-27H,5,7-8,11-13,16-22H2,1-4H3,(H,31,34)/t25?,26?,27-/m0/s1. The number of benzene rings is 1. The summed E-state index contributed by atoms with van der Waals surface area (Å²) in [6.07, 6.45) is 9.87. The van der Waals surface area contributed by atoms with Gasteiger partial charge in [0.25, 0.3) is 0 Å². The number of nitrogens with zero attached hydrogens (tertiary/aromatic N) is 1. The second-order valence-electron chi connectivity index (χ2n) is 12.5. The molecule has 7 heteroatoms. The Morgan fingerprint density at radius 2 is 1.65 bits per heavy atom. The van der Waals surface area contributed by atoms with Crippen LogP contribution in [-0.4, -0.2) is 57.0 Å². The van der Waals surface area contributed by atoms with Crippen molar-refractivity contribution in [1.82, 2.24) is 10.2 Å². The Hall–Kier alpha value is -2.15. The minimum Gasteiger partial charge on any atom is -0.450 e. The molecule has 206 valence electrons. The van der Waals surface area contributed by atoms with E-state index in [1.807, 2.05) is 30.3 Å². The molecule has 0 spiro atoms. The van der Waals surface area contributed by atoms with Crippen molar-refractivity contribution < 1.29 is 19.1 Å². The fraction of sp³-hybridized carbons (Fsp3) is 0.700. The predicted molar refractivity (Wildman–Crippen MR) is 151 cm³/mol. The molecule has 1 aromatic rings. The van der Waals surface area contributed by atoms with Gasteiger partial charge in [-0.25, -0.2) is 4.79 Å². The van der Waals surface area contributed by atoms with E-state index in [9.17, 15) is 14.4 Å². The van der Waals surface area contributed by atoms with Gasteiger partial charge >= 0.3 is 6.09 Å². The third kappa shape index (κ3) is 9.91. The summed E-state index contributed by atoms with van der Waals surface area (Å²) in [6, 6.07) is 10.3. The van der Waals surface area contributed by atoms with Gasteiger partial charge in [0, 0.05) is 45.1 Å². The lowest BCUT2D eigenvalue weighted by atomic mass is 9.77. The third-order valence-electron chi connectivity index (χ3n) is 8.05. The summed E-state index contributed by atoms with van der Waals surface area (Å²) >= 11 is 0. The van der Waals surface area contributed by atoms with Crippen LogP contribution in [0.4, 0.5) is 4.79 Å². The highest BCUT2D eigenvalue weighted by atomic mass is 28.3. The molecule has 2 aliphatic rings. The quantitative estimate of drug-likeness (QED) is 0.261. The lowest BCUT2D eigenvalue weighted by molar-refractivity contribution is -0.127. The Labute approximate surface area is 224 Å². The monoisotopic (exact) mass is 528 g/mol. The van der Waals surface area contributed by atoms with Crippen LogP contribution in [0.1, 0.15) is 74.6 Å². The lowest BCUT2D eigenvalue weighted by Crippen LogP contribution is -2.48. The predicted octanol–water partition coefficient (Wildman–Crippen LogP) is 6.54. The first-order valence-electron chi connectivity index (χ1n) is 14.4. The van der Waals surface area contributed by atoms with Gasteiger partial charge in [-0.15, -0.1) is 0 Å². The largest absolute Gasteiger partial charge is 0.450 e. The van der Waals surface area contributed by atoms with E-state index < -0.39 is 8.07 Å². The minimum atomic E-state index is -1.27. The van der Waals surface area contributed by atoms with E-state index in [1.54, 1.807) is 11.9 Å². The van der Waals surface area contributed by atoms with Gasteiger partial charge in [-0.1, -0.05) is 88.5 Å². The molecule has 0 radical (unpaired) electrons. The molecule has 0 aromatic heterocycles. The van der Waals surface area contributed by atoms with E-state index in [4.69, 9.17) is 4.74 Å². The normalized spacial score (nSPS) is 21.6. The second kappa shape index (κ2) is 14.1. The number of ketones is 1. The molecule has 2 aliphatic carbocycles. The van der Waals surface area contributed by atoms with Crippen molar-refractivity contribution in [2.45, 2.75) is 95.9 Å². The third-order valence-corrected chi connectivity index (χ3v) is 9.75. The molecule has 3 rings (SSSR count). The topological polar surface area (TPSA) is 75.7 Å². The molecule has 0 saturated heterocycles. The Morgan fingerprint density at radius 1 is 0.973 bits per heavy atom. The number of rotatable bonds is 11. The average molecular weight is 529 g/mol. The maximum Gasteiger partial charge on any atom is 0.409 e. The van der Waals surface area contributed by atoms with Gasteiger partial charge in [-0.2, -0.15) is 0 Å². The van der Waals surface area contributed by atoms with E-state index in [-0.39, 0.29) is 35.7 Å². The number of ether oxygens (including phenoxy) is 1. The van der Waals surface area contributed by atoms with Crippen LogP contribution in [0.25, 0.3) is 0 Å². The summed E-state index contributed by atoms with van der Waals surface area (Å²) in [6.45, 7) is 7.71. The number of hydrogen-bond acceptors (Lipinski definition) is 4. The van der Waals surface area contributed by atoms with Crippen LogP contribution in [-0.2, 0) is 9.53 Å². The number of carbonyl (C=O) groups is 3. The molecule has 2 unspecified atom stereocenters. The van der Waals surface area contributed by atoms with E-state index in [1.165, 1.54) is 32.1 Å². The summed E-state index contributed by atoms with van der Waals surface area (Å²) < 4.78 is 5.55. The van der Waals surface area contributed by atoms with Crippen molar-refractivity contribution in [1.29, 1.82) is 0 Å². The Balaban J connectivity index is 1.59. The fourth-order valence-corrected chi connectivity index (χ4v) is 6.50. The Kier molecular flexibility index (Phi) is 11.2. The zero-order chi connectivity index (χ0) is 26.8. The molecule has 2 fully saturated rings. The van der Waals surface area contributed by atoms with Gasteiger partial charge in [0.15, 0.2) is 5.78 Å². The number of amides is 2. The van der Waals surface area contributed by atoms with Crippen molar-refractivity contribution in [3.63, 3.8) is 0 Å². The SMILES string of the molecule is CN(C[C@H](CC1CCCCC1)NC(=O)C1CCCC(C(=O)c2ccccc2)C1)C(=O)OCC[Si](C)(C)C. The highest BCUT2D eigenvalue weighted by Crippen LogP contribution is 2.32. The molecule has 2 amide bonds. The van der Waals surface area contributed by atoms with Gasteiger partial charge in [-0.05, 0) is 37.6 Å². The summed E-state index contributed by atoms with van der Waals surface area (Å²) in [5, 5.41) is 3.31. The summed E-state index contributed by atoms with van der Waals surface area (Å²) in [5.74, 6) is 0.501. The molecular weight excluding hydrogens is 480 g/mol. The van der Waals surface area contributed by atoms with Gasteiger partial charge in [0.2, 0.25) is 5.91 Å². The van der Waals surface area contributed by atoms with Crippen molar-refractivity contribution in [2.24, 2.45) is 17.8 Å². The van der Waals surface area contributed by atoms with Crippen LogP contribution in [0, 0.1) is 17.8 Å². The zero-order valence-electron chi connectivity index (χ0n) is 23.5. The first-order chi connectivity index (χ1) is 17.6. The minimum absolute atomic E-state index is 0.0341. The number of carbonyl (C=O) groups excluding carboxylic acids is 3. The van der Waals surface area contributed by atoms with Gasteiger partial charge in [0.05, 0.1) is 6.61 Å². The van der Waals surface area contributed by atoms with Crippen LogP contribution < -0.4 is 5.32 Å². The molecule has 37 heavy (non-hydrogen) atoms. The molecule has 0 aliphatic heterocycles. The van der Waals surface area contributed by atoms with Crippen LogP contribution >= 0.6 is 0 Å². The highest BCUT2D eigenvalue weighted by molar-refractivity contribution is 6.76. The van der Waals surface area contributed by atoms with E-state index in [0.29, 0.717) is 25.5 Å². The molecule has 0 bridgehead atoms. The van der Waals surface area contributed by atoms with Crippen LogP contribution in [0.2, 0.25) is 25.7 Å². The van der Waals surface area contributed by atoms with Crippen molar-refractivity contribution in [3.8, 4) is 0 Å². The van der Waals surface area contributed by atoms with Crippen LogP contribution in [0.15, 0.2) is 30.3 Å². The number of nitrogens with one attached hydrogen (secondary N) is 1. The zero-order valence-corrected chi connectivity index (χ0v) is 24.5. The van der Waals surface area contributed by atoms with Crippen LogP contribution in [0.5, 0.6) is 0 Å². The van der Waals surface area contributed by atoms with E-state index in [0.717, 1.165) is 37.3 Å². The van der Waals surface area contributed by atoms with Gasteiger partial charge < -0.3 is 15.0 Å². The summed E-state index contributed by atoms with van der Waals surface area (Å²) in [4.78, 5) is 40.8.